The minimum atomic E-state index is -0.989. The van der Waals surface area contributed by atoms with E-state index in [1.165, 1.54) is 4.90 Å². The fourth-order valence-corrected chi connectivity index (χ4v) is 1.81. The highest BCUT2D eigenvalue weighted by Gasteiger charge is 2.15. The van der Waals surface area contributed by atoms with Gasteiger partial charge in [0.1, 0.15) is 6.54 Å². The fourth-order valence-electron chi connectivity index (χ4n) is 1.81. The predicted octanol–water partition coefficient (Wildman–Crippen LogP) is 1.92. The fraction of sp³-hybridized carbons (Fsp3) is 0.467. The number of hydrogen-bond donors (Lipinski definition) is 1. The minimum absolute atomic E-state index is 0.178. The largest absolute Gasteiger partial charge is 0.480 e. The molecule has 0 aliphatic carbocycles. The van der Waals surface area contributed by atoms with Crippen molar-refractivity contribution < 1.29 is 19.4 Å². The van der Waals surface area contributed by atoms with Crippen molar-refractivity contribution in [3.8, 4) is 0 Å². The number of amides is 1. The Morgan fingerprint density at radius 3 is 2.55 bits per heavy atom. The first kappa shape index (κ1) is 16.2. The van der Waals surface area contributed by atoms with E-state index in [0.717, 1.165) is 12.0 Å². The van der Waals surface area contributed by atoms with Crippen molar-refractivity contribution in [1.82, 2.24) is 4.90 Å². The number of carbonyl (C=O) groups excluding carboxylic acids is 1. The predicted molar refractivity (Wildman–Crippen MR) is 75.2 cm³/mol. The summed E-state index contributed by atoms with van der Waals surface area (Å²) in [6.07, 6.45) is 0.948. The van der Waals surface area contributed by atoms with E-state index in [1.807, 2.05) is 37.3 Å². The van der Waals surface area contributed by atoms with Crippen LogP contribution in [0.15, 0.2) is 30.3 Å². The highest BCUT2D eigenvalue weighted by molar-refractivity contribution is 5.81. The molecular formula is C15H21NO4. The van der Waals surface area contributed by atoms with E-state index in [1.54, 1.807) is 0 Å². The van der Waals surface area contributed by atoms with E-state index in [-0.39, 0.29) is 18.9 Å². The molecule has 0 spiro atoms. The van der Waals surface area contributed by atoms with Gasteiger partial charge in [-0.25, -0.2) is 0 Å². The molecule has 0 atom stereocenters. The Morgan fingerprint density at radius 1 is 1.25 bits per heavy atom. The van der Waals surface area contributed by atoms with Gasteiger partial charge in [-0.05, 0) is 12.0 Å². The number of aliphatic carboxylic acids is 1. The number of benzene rings is 1. The summed E-state index contributed by atoms with van der Waals surface area (Å²) in [6, 6.07) is 9.70. The van der Waals surface area contributed by atoms with Crippen LogP contribution in [0.4, 0.5) is 0 Å². The van der Waals surface area contributed by atoms with Gasteiger partial charge in [-0.2, -0.15) is 0 Å². The third-order valence-electron chi connectivity index (χ3n) is 2.74. The molecule has 0 fully saturated rings. The standard InChI is InChI=1S/C15H21NO4/c1-2-9-16(11-15(18)19)14(17)8-10-20-12-13-6-4-3-5-7-13/h3-7H,2,8-12H2,1H3,(H,18,19). The summed E-state index contributed by atoms with van der Waals surface area (Å²) in [5, 5.41) is 8.75. The van der Waals surface area contributed by atoms with Crippen LogP contribution in [0.3, 0.4) is 0 Å². The Balaban J connectivity index is 2.28. The van der Waals surface area contributed by atoms with Crippen LogP contribution < -0.4 is 0 Å². The second-order valence-corrected chi connectivity index (χ2v) is 4.50. The minimum Gasteiger partial charge on any atom is -0.480 e. The summed E-state index contributed by atoms with van der Waals surface area (Å²) in [5.41, 5.74) is 1.05. The van der Waals surface area contributed by atoms with Gasteiger partial charge >= 0.3 is 5.97 Å². The molecule has 0 bridgehead atoms. The maximum atomic E-state index is 11.9. The first-order valence-electron chi connectivity index (χ1n) is 6.74. The van der Waals surface area contributed by atoms with E-state index in [9.17, 15) is 9.59 Å². The number of hydrogen-bond acceptors (Lipinski definition) is 3. The molecule has 20 heavy (non-hydrogen) atoms. The van der Waals surface area contributed by atoms with Gasteiger partial charge in [0.15, 0.2) is 0 Å². The van der Waals surface area contributed by atoms with Gasteiger partial charge in [0, 0.05) is 6.54 Å². The van der Waals surface area contributed by atoms with Crippen molar-refractivity contribution in [2.45, 2.75) is 26.4 Å². The Morgan fingerprint density at radius 2 is 1.95 bits per heavy atom. The molecule has 1 N–H and O–H groups in total. The zero-order chi connectivity index (χ0) is 14.8. The maximum absolute atomic E-state index is 11.9. The molecule has 1 rings (SSSR count). The van der Waals surface area contributed by atoms with Crippen LogP contribution in [0.2, 0.25) is 0 Å². The molecule has 0 aliphatic rings. The van der Waals surface area contributed by atoms with Crippen LogP contribution in [0.5, 0.6) is 0 Å². The molecule has 0 saturated carbocycles. The van der Waals surface area contributed by atoms with Crippen molar-refractivity contribution >= 4 is 11.9 Å². The summed E-state index contributed by atoms with van der Waals surface area (Å²) in [4.78, 5) is 23.9. The summed E-state index contributed by atoms with van der Waals surface area (Å²) < 4.78 is 5.43. The zero-order valence-corrected chi connectivity index (χ0v) is 11.7. The number of nitrogens with zero attached hydrogens (tertiary/aromatic N) is 1. The highest BCUT2D eigenvalue weighted by atomic mass is 16.5. The molecule has 5 nitrogen and oxygen atoms in total. The number of rotatable bonds is 9. The van der Waals surface area contributed by atoms with Gasteiger partial charge in [0.25, 0.3) is 0 Å². The molecule has 5 heteroatoms. The van der Waals surface area contributed by atoms with E-state index in [4.69, 9.17) is 9.84 Å². The quantitative estimate of drug-likeness (QED) is 0.701. The van der Waals surface area contributed by atoms with E-state index < -0.39 is 5.97 Å². The SMILES string of the molecule is CCCN(CC(=O)O)C(=O)CCOCc1ccccc1. The Bertz CT molecular complexity index is 419. The Labute approximate surface area is 119 Å². The average molecular weight is 279 g/mol. The van der Waals surface area contributed by atoms with Crippen molar-refractivity contribution in [2.24, 2.45) is 0 Å². The normalized spacial score (nSPS) is 10.2. The third kappa shape index (κ3) is 6.33. The van der Waals surface area contributed by atoms with Gasteiger partial charge in [-0.1, -0.05) is 37.3 Å². The lowest BCUT2D eigenvalue weighted by Crippen LogP contribution is -2.36. The lowest BCUT2D eigenvalue weighted by atomic mass is 10.2. The van der Waals surface area contributed by atoms with Crippen LogP contribution in [0.1, 0.15) is 25.3 Å². The van der Waals surface area contributed by atoms with Crippen molar-refractivity contribution in [3.63, 3.8) is 0 Å². The first-order valence-corrected chi connectivity index (χ1v) is 6.74. The Kier molecular flexibility index (Phi) is 7.35. The van der Waals surface area contributed by atoms with E-state index in [2.05, 4.69) is 0 Å². The van der Waals surface area contributed by atoms with Crippen molar-refractivity contribution in [2.75, 3.05) is 19.7 Å². The Hall–Kier alpha value is -1.88. The second kappa shape index (κ2) is 9.09. The third-order valence-corrected chi connectivity index (χ3v) is 2.74. The molecule has 1 aromatic carbocycles. The lowest BCUT2D eigenvalue weighted by molar-refractivity contribution is -0.145. The van der Waals surface area contributed by atoms with Gasteiger partial charge in [-0.15, -0.1) is 0 Å². The van der Waals surface area contributed by atoms with E-state index in [0.29, 0.717) is 19.8 Å². The van der Waals surface area contributed by atoms with Gasteiger partial charge < -0.3 is 14.7 Å². The first-order chi connectivity index (χ1) is 9.63. The van der Waals surface area contributed by atoms with Crippen LogP contribution in [0.25, 0.3) is 0 Å². The highest BCUT2D eigenvalue weighted by Crippen LogP contribution is 2.02. The molecule has 0 aromatic heterocycles. The molecule has 0 aliphatic heterocycles. The molecule has 0 saturated heterocycles. The number of ether oxygens (including phenoxy) is 1. The van der Waals surface area contributed by atoms with Crippen LogP contribution >= 0.6 is 0 Å². The van der Waals surface area contributed by atoms with Crippen molar-refractivity contribution in [1.29, 1.82) is 0 Å². The van der Waals surface area contributed by atoms with E-state index >= 15 is 0 Å². The molecule has 1 amide bonds. The molecule has 110 valence electrons. The lowest BCUT2D eigenvalue weighted by Gasteiger charge is -2.19. The maximum Gasteiger partial charge on any atom is 0.323 e. The summed E-state index contributed by atoms with van der Waals surface area (Å²) in [5.74, 6) is -1.17. The molecular weight excluding hydrogens is 258 g/mol. The van der Waals surface area contributed by atoms with Gasteiger partial charge in [0.05, 0.1) is 19.6 Å². The van der Waals surface area contributed by atoms with Crippen LogP contribution in [0, 0.1) is 0 Å². The van der Waals surface area contributed by atoms with Crippen LogP contribution in [-0.2, 0) is 20.9 Å². The average Bonchev–Trinajstić information content (AvgIpc) is 2.43. The van der Waals surface area contributed by atoms with Crippen molar-refractivity contribution in [3.05, 3.63) is 35.9 Å². The topological polar surface area (TPSA) is 66.8 Å². The molecule has 1 aromatic rings. The summed E-state index contributed by atoms with van der Waals surface area (Å²) in [7, 11) is 0. The molecule has 0 radical (unpaired) electrons. The number of carboxylic acid groups (broad SMARTS) is 1. The monoisotopic (exact) mass is 279 g/mol. The number of carboxylic acids is 1. The summed E-state index contributed by atoms with van der Waals surface area (Å²) in [6.45, 7) is 2.89. The molecule has 0 heterocycles. The summed E-state index contributed by atoms with van der Waals surface area (Å²) >= 11 is 0. The smallest absolute Gasteiger partial charge is 0.323 e. The second-order valence-electron chi connectivity index (χ2n) is 4.50. The van der Waals surface area contributed by atoms with Crippen LogP contribution in [-0.4, -0.2) is 41.6 Å². The number of carbonyl (C=O) groups is 2. The van der Waals surface area contributed by atoms with Gasteiger partial charge in [-0.3, -0.25) is 9.59 Å². The zero-order valence-electron chi connectivity index (χ0n) is 11.7. The van der Waals surface area contributed by atoms with Gasteiger partial charge in [0.2, 0.25) is 5.91 Å². The molecule has 0 unspecified atom stereocenters.